The standard InChI is InChI=1S/C22H26N4O3S/c1-15-6-7-18(20-14-25-10-4-5-16(2)21(25)23-20)13-19(15)24-22(27)17-8-11-26(12-9-17)30(3,28)29/h4-7,10,13-14,17H,8-9,11-12H2,1-3H3,(H,24,27). The third-order valence-electron chi connectivity index (χ3n) is 5.76. The molecular weight excluding hydrogens is 400 g/mol. The van der Waals surface area contributed by atoms with E-state index in [4.69, 9.17) is 4.98 Å². The molecule has 4 rings (SSSR count). The van der Waals surface area contributed by atoms with Crippen molar-refractivity contribution < 1.29 is 13.2 Å². The van der Waals surface area contributed by atoms with Gasteiger partial charge in [0.1, 0.15) is 5.65 Å². The summed E-state index contributed by atoms with van der Waals surface area (Å²) < 4.78 is 26.8. The number of nitrogens with zero attached hydrogens (tertiary/aromatic N) is 3. The highest BCUT2D eigenvalue weighted by Gasteiger charge is 2.29. The second-order valence-electron chi connectivity index (χ2n) is 8.00. The maximum atomic E-state index is 12.8. The first-order chi connectivity index (χ1) is 14.2. The number of rotatable bonds is 4. The molecule has 1 aromatic carbocycles. The van der Waals surface area contributed by atoms with Crippen LogP contribution in [0.2, 0.25) is 0 Å². The lowest BCUT2D eigenvalue weighted by Crippen LogP contribution is -2.40. The maximum Gasteiger partial charge on any atom is 0.227 e. The third-order valence-corrected chi connectivity index (χ3v) is 7.07. The van der Waals surface area contributed by atoms with E-state index < -0.39 is 10.0 Å². The summed E-state index contributed by atoms with van der Waals surface area (Å²) in [7, 11) is -3.20. The number of hydrogen-bond donors (Lipinski definition) is 1. The number of pyridine rings is 1. The van der Waals surface area contributed by atoms with Crippen LogP contribution in [0.15, 0.2) is 42.7 Å². The predicted octanol–water partition coefficient (Wildman–Crippen LogP) is 3.23. The summed E-state index contributed by atoms with van der Waals surface area (Å²) in [5.74, 6) is -0.252. The second-order valence-corrected chi connectivity index (χ2v) is 9.99. The molecule has 3 heterocycles. The smallest absolute Gasteiger partial charge is 0.227 e. The first-order valence-corrected chi connectivity index (χ1v) is 11.9. The van der Waals surface area contributed by atoms with E-state index in [-0.39, 0.29) is 11.8 Å². The van der Waals surface area contributed by atoms with Crippen LogP contribution in [0.5, 0.6) is 0 Å². The van der Waals surface area contributed by atoms with Gasteiger partial charge in [-0.15, -0.1) is 0 Å². The molecule has 0 spiro atoms. The van der Waals surface area contributed by atoms with Crippen molar-refractivity contribution >= 4 is 27.3 Å². The van der Waals surface area contributed by atoms with Gasteiger partial charge >= 0.3 is 0 Å². The number of aryl methyl sites for hydroxylation is 2. The van der Waals surface area contributed by atoms with Crippen LogP contribution in [-0.4, -0.2) is 47.4 Å². The van der Waals surface area contributed by atoms with E-state index in [1.807, 2.05) is 61.0 Å². The van der Waals surface area contributed by atoms with Gasteiger partial charge in [0.2, 0.25) is 15.9 Å². The molecule has 3 aromatic rings. The molecule has 2 aromatic heterocycles. The van der Waals surface area contributed by atoms with Gasteiger partial charge in [-0.2, -0.15) is 0 Å². The van der Waals surface area contributed by atoms with E-state index in [1.54, 1.807) is 0 Å². The average Bonchev–Trinajstić information content (AvgIpc) is 3.15. The number of sulfonamides is 1. The number of fused-ring (bicyclic) bond motifs is 1. The van der Waals surface area contributed by atoms with Crippen LogP contribution in [0.3, 0.4) is 0 Å². The fourth-order valence-corrected chi connectivity index (χ4v) is 4.77. The molecule has 1 saturated heterocycles. The number of carbonyl (C=O) groups is 1. The van der Waals surface area contributed by atoms with Crippen LogP contribution < -0.4 is 5.32 Å². The van der Waals surface area contributed by atoms with Gasteiger partial charge < -0.3 is 9.72 Å². The Morgan fingerprint density at radius 3 is 2.53 bits per heavy atom. The van der Waals surface area contributed by atoms with Crippen molar-refractivity contribution in [3.8, 4) is 11.3 Å². The lowest BCUT2D eigenvalue weighted by molar-refractivity contribution is -0.120. The second kappa shape index (κ2) is 7.85. The van der Waals surface area contributed by atoms with Gasteiger partial charge in [0, 0.05) is 42.7 Å². The average molecular weight is 427 g/mol. The largest absolute Gasteiger partial charge is 0.326 e. The quantitative estimate of drug-likeness (QED) is 0.694. The Hall–Kier alpha value is -2.71. The molecule has 30 heavy (non-hydrogen) atoms. The summed E-state index contributed by atoms with van der Waals surface area (Å²) in [6.07, 6.45) is 6.23. The fraction of sp³-hybridized carbons (Fsp3) is 0.364. The minimum absolute atomic E-state index is 0.0609. The van der Waals surface area contributed by atoms with E-state index >= 15 is 0 Å². The molecule has 0 aliphatic carbocycles. The van der Waals surface area contributed by atoms with Crippen molar-refractivity contribution in [1.82, 2.24) is 13.7 Å². The Bertz CT molecular complexity index is 1210. The van der Waals surface area contributed by atoms with Gasteiger partial charge in [-0.1, -0.05) is 18.2 Å². The summed E-state index contributed by atoms with van der Waals surface area (Å²) in [4.78, 5) is 17.6. The number of benzene rings is 1. The van der Waals surface area contributed by atoms with Crippen molar-refractivity contribution in [3.63, 3.8) is 0 Å². The predicted molar refractivity (Wildman–Crippen MR) is 118 cm³/mol. The van der Waals surface area contributed by atoms with Crippen molar-refractivity contribution in [2.45, 2.75) is 26.7 Å². The van der Waals surface area contributed by atoms with Crippen molar-refractivity contribution in [1.29, 1.82) is 0 Å². The van der Waals surface area contributed by atoms with Crippen LogP contribution in [0, 0.1) is 19.8 Å². The monoisotopic (exact) mass is 426 g/mol. The number of anilines is 1. The molecule has 7 nitrogen and oxygen atoms in total. The molecule has 158 valence electrons. The number of hydrogen-bond acceptors (Lipinski definition) is 4. The first kappa shape index (κ1) is 20.6. The van der Waals surface area contributed by atoms with Gasteiger partial charge in [-0.25, -0.2) is 17.7 Å². The van der Waals surface area contributed by atoms with Gasteiger partial charge in [0.15, 0.2) is 0 Å². The van der Waals surface area contributed by atoms with Gasteiger partial charge in [0.25, 0.3) is 0 Å². The lowest BCUT2D eigenvalue weighted by Gasteiger charge is -2.29. The molecule has 0 saturated carbocycles. The zero-order valence-corrected chi connectivity index (χ0v) is 18.2. The van der Waals surface area contributed by atoms with Crippen molar-refractivity contribution in [2.75, 3.05) is 24.7 Å². The van der Waals surface area contributed by atoms with E-state index in [0.717, 1.165) is 33.7 Å². The van der Waals surface area contributed by atoms with Gasteiger partial charge in [0.05, 0.1) is 11.9 Å². The molecular formula is C22H26N4O3S. The minimum Gasteiger partial charge on any atom is -0.326 e. The highest BCUT2D eigenvalue weighted by atomic mass is 32.2. The van der Waals surface area contributed by atoms with E-state index in [0.29, 0.717) is 25.9 Å². The Morgan fingerprint density at radius 1 is 1.13 bits per heavy atom. The molecule has 1 aliphatic rings. The molecule has 8 heteroatoms. The van der Waals surface area contributed by atoms with Crippen LogP contribution in [-0.2, 0) is 14.8 Å². The van der Waals surface area contributed by atoms with Crippen LogP contribution in [0.4, 0.5) is 5.69 Å². The maximum absolute atomic E-state index is 12.8. The third kappa shape index (κ3) is 4.11. The molecule has 1 N–H and O–H groups in total. The Balaban J connectivity index is 1.52. The van der Waals surface area contributed by atoms with Crippen LogP contribution in [0.25, 0.3) is 16.9 Å². The summed E-state index contributed by atoms with van der Waals surface area (Å²) in [5.41, 5.74) is 5.53. The Kier molecular flexibility index (Phi) is 5.38. The number of imidazole rings is 1. The van der Waals surface area contributed by atoms with Crippen LogP contribution in [0.1, 0.15) is 24.0 Å². The highest BCUT2D eigenvalue weighted by molar-refractivity contribution is 7.88. The molecule has 1 aliphatic heterocycles. The van der Waals surface area contributed by atoms with Crippen LogP contribution >= 0.6 is 0 Å². The molecule has 1 amide bonds. The first-order valence-electron chi connectivity index (χ1n) is 10.0. The number of piperidine rings is 1. The Labute approximate surface area is 176 Å². The SMILES string of the molecule is Cc1ccc(-c2cn3cccc(C)c3n2)cc1NC(=O)C1CCN(S(C)(=O)=O)CC1. The Morgan fingerprint density at radius 2 is 1.87 bits per heavy atom. The number of nitrogens with one attached hydrogen (secondary N) is 1. The fourth-order valence-electron chi connectivity index (χ4n) is 3.89. The van der Waals surface area contributed by atoms with Gasteiger partial charge in [-0.3, -0.25) is 4.79 Å². The summed E-state index contributed by atoms with van der Waals surface area (Å²) >= 11 is 0. The lowest BCUT2D eigenvalue weighted by atomic mass is 9.97. The minimum atomic E-state index is -3.20. The number of amides is 1. The number of carbonyl (C=O) groups excluding carboxylic acids is 1. The summed E-state index contributed by atoms with van der Waals surface area (Å²) in [5, 5.41) is 3.05. The zero-order chi connectivity index (χ0) is 21.5. The highest BCUT2D eigenvalue weighted by Crippen LogP contribution is 2.27. The van der Waals surface area contributed by atoms with E-state index in [2.05, 4.69) is 5.32 Å². The summed E-state index contributed by atoms with van der Waals surface area (Å²) in [6.45, 7) is 4.76. The normalized spacial score (nSPS) is 16.1. The summed E-state index contributed by atoms with van der Waals surface area (Å²) in [6, 6.07) is 9.96. The molecule has 0 unspecified atom stereocenters. The topological polar surface area (TPSA) is 83.8 Å². The van der Waals surface area contributed by atoms with Gasteiger partial charge in [-0.05, 0) is 49.9 Å². The molecule has 1 fully saturated rings. The molecule has 0 radical (unpaired) electrons. The van der Waals surface area contributed by atoms with E-state index in [9.17, 15) is 13.2 Å². The van der Waals surface area contributed by atoms with Crippen molar-refractivity contribution in [3.05, 3.63) is 53.9 Å². The molecule has 0 atom stereocenters. The number of aromatic nitrogens is 2. The molecule has 0 bridgehead atoms. The van der Waals surface area contributed by atoms with E-state index in [1.165, 1.54) is 10.6 Å². The zero-order valence-electron chi connectivity index (χ0n) is 17.4. The van der Waals surface area contributed by atoms with Crippen molar-refractivity contribution in [2.24, 2.45) is 5.92 Å².